The lowest BCUT2D eigenvalue weighted by Crippen LogP contribution is -2.41. The molecular formula is C22H25N3O3S. The van der Waals surface area contributed by atoms with E-state index in [9.17, 15) is 14.4 Å². The van der Waals surface area contributed by atoms with E-state index in [2.05, 4.69) is 10.6 Å². The van der Waals surface area contributed by atoms with Crippen LogP contribution in [0.5, 0.6) is 0 Å². The number of amides is 3. The van der Waals surface area contributed by atoms with Crippen LogP contribution in [0, 0.1) is 0 Å². The van der Waals surface area contributed by atoms with Crippen LogP contribution in [-0.2, 0) is 16.0 Å². The van der Waals surface area contributed by atoms with Gasteiger partial charge in [0.2, 0.25) is 11.8 Å². The van der Waals surface area contributed by atoms with Gasteiger partial charge in [-0.1, -0.05) is 30.3 Å². The van der Waals surface area contributed by atoms with Crippen LogP contribution in [0.4, 0.5) is 5.69 Å². The summed E-state index contributed by atoms with van der Waals surface area (Å²) < 4.78 is 0. The molecule has 1 heterocycles. The first-order valence-electron chi connectivity index (χ1n) is 9.64. The molecule has 0 bridgehead atoms. The summed E-state index contributed by atoms with van der Waals surface area (Å²) in [6, 6.07) is 15.3. The van der Waals surface area contributed by atoms with Crippen molar-refractivity contribution in [1.82, 2.24) is 10.2 Å². The number of rotatable bonds is 6. The topological polar surface area (TPSA) is 78.5 Å². The van der Waals surface area contributed by atoms with Crippen molar-refractivity contribution in [3.8, 4) is 0 Å². The van der Waals surface area contributed by atoms with Gasteiger partial charge in [0, 0.05) is 35.8 Å². The largest absolute Gasteiger partial charge is 0.341 e. The van der Waals surface area contributed by atoms with Gasteiger partial charge in [0.15, 0.2) is 0 Å². The zero-order chi connectivity index (χ0) is 20.6. The first-order chi connectivity index (χ1) is 14.0. The maximum Gasteiger partial charge on any atom is 0.251 e. The van der Waals surface area contributed by atoms with Crippen molar-refractivity contribution in [2.45, 2.75) is 19.4 Å². The van der Waals surface area contributed by atoms with E-state index in [-0.39, 0.29) is 17.7 Å². The van der Waals surface area contributed by atoms with Crippen molar-refractivity contribution >= 4 is 35.2 Å². The average Bonchev–Trinajstić information content (AvgIpc) is 2.76. The maximum atomic E-state index is 12.4. The molecule has 1 fully saturated rings. The Morgan fingerprint density at radius 1 is 1.00 bits per heavy atom. The molecule has 0 saturated carbocycles. The lowest BCUT2D eigenvalue weighted by Gasteiger charge is -2.26. The van der Waals surface area contributed by atoms with Crippen LogP contribution in [0.2, 0.25) is 0 Å². The van der Waals surface area contributed by atoms with E-state index in [0.29, 0.717) is 17.7 Å². The maximum absolute atomic E-state index is 12.4. The lowest BCUT2D eigenvalue weighted by atomic mass is 10.1. The molecule has 152 valence electrons. The molecule has 0 aliphatic carbocycles. The van der Waals surface area contributed by atoms with Gasteiger partial charge in [-0.25, -0.2) is 0 Å². The summed E-state index contributed by atoms with van der Waals surface area (Å²) in [4.78, 5) is 38.8. The molecule has 1 aliphatic heterocycles. The summed E-state index contributed by atoms with van der Waals surface area (Å²) in [6.07, 6.45) is 0.364. The van der Waals surface area contributed by atoms with E-state index in [0.717, 1.165) is 30.2 Å². The highest BCUT2D eigenvalue weighted by molar-refractivity contribution is 7.99. The Morgan fingerprint density at radius 3 is 2.31 bits per heavy atom. The number of carbonyl (C=O) groups is 3. The molecule has 0 aromatic heterocycles. The van der Waals surface area contributed by atoms with Gasteiger partial charge in [-0.2, -0.15) is 11.8 Å². The molecule has 6 nitrogen and oxygen atoms in total. The van der Waals surface area contributed by atoms with E-state index in [1.54, 1.807) is 43.3 Å². The molecule has 1 saturated heterocycles. The van der Waals surface area contributed by atoms with Crippen molar-refractivity contribution in [3.63, 3.8) is 0 Å². The molecule has 29 heavy (non-hydrogen) atoms. The van der Waals surface area contributed by atoms with Crippen molar-refractivity contribution in [2.24, 2.45) is 0 Å². The second-order valence-corrected chi connectivity index (χ2v) is 8.14. The Kier molecular flexibility index (Phi) is 7.30. The Hall–Kier alpha value is -2.80. The van der Waals surface area contributed by atoms with Gasteiger partial charge in [-0.05, 0) is 36.8 Å². The highest BCUT2D eigenvalue weighted by Gasteiger charge is 2.18. The summed E-state index contributed by atoms with van der Waals surface area (Å²) in [5.41, 5.74) is 2.05. The number of benzene rings is 2. The second kappa shape index (κ2) is 10.1. The second-order valence-electron chi connectivity index (χ2n) is 6.92. The third kappa shape index (κ3) is 6.09. The molecule has 1 atom stereocenters. The minimum atomic E-state index is -0.680. The fourth-order valence-corrected chi connectivity index (χ4v) is 3.89. The Labute approximate surface area is 175 Å². The number of carbonyl (C=O) groups excluding carboxylic acids is 3. The summed E-state index contributed by atoms with van der Waals surface area (Å²) in [5, 5.41) is 5.48. The fourth-order valence-electron chi connectivity index (χ4n) is 2.99. The normalized spacial score (nSPS) is 14.7. The van der Waals surface area contributed by atoms with Crippen LogP contribution in [0.15, 0.2) is 54.6 Å². The lowest BCUT2D eigenvalue weighted by molar-refractivity contribution is -0.130. The van der Waals surface area contributed by atoms with E-state index in [1.807, 2.05) is 34.9 Å². The monoisotopic (exact) mass is 411 g/mol. The summed E-state index contributed by atoms with van der Waals surface area (Å²) >= 11 is 1.87. The number of hydrogen-bond donors (Lipinski definition) is 2. The van der Waals surface area contributed by atoms with Gasteiger partial charge in [-0.15, -0.1) is 0 Å². The molecular weight excluding hydrogens is 386 g/mol. The zero-order valence-electron chi connectivity index (χ0n) is 16.4. The third-order valence-electron chi connectivity index (χ3n) is 4.72. The van der Waals surface area contributed by atoms with E-state index < -0.39 is 6.04 Å². The van der Waals surface area contributed by atoms with Crippen molar-refractivity contribution in [3.05, 3.63) is 65.7 Å². The number of nitrogens with zero attached hydrogens (tertiary/aromatic N) is 1. The van der Waals surface area contributed by atoms with Gasteiger partial charge < -0.3 is 15.5 Å². The molecule has 0 spiro atoms. The molecule has 3 rings (SSSR count). The third-order valence-corrected chi connectivity index (χ3v) is 5.66. The van der Waals surface area contributed by atoms with Crippen LogP contribution >= 0.6 is 11.8 Å². The summed E-state index contributed by atoms with van der Waals surface area (Å²) in [7, 11) is 0. The number of anilines is 1. The fraction of sp³-hybridized carbons (Fsp3) is 0.318. The number of nitrogens with one attached hydrogen (secondary N) is 2. The highest BCUT2D eigenvalue weighted by Crippen LogP contribution is 2.14. The molecule has 3 amide bonds. The van der Waals surface area contributed by atoms with Crippen LogP contribution in [0.3, 0.4) is 0 Å². The smallest absolute Gasteiger partial charge is 0.251 e. The molecule has 2 aromatic carbocycles. The molecule has 1 unspecified atom stereocenters. The molecule has 0 radical (unpaired) electrons. The van der Waals surface area contributed by atoms with Gasteiger partial charge >= 0.3 is 0 Å². The van der Waals surface area contributed by atoms with Crippen molar-refractivity contribution in [1.29, 1.82) is 0 Å². The Bertz CT molecular complexity index is 849. The molecule has 7 heteroatoms. The number of thioether (sulfide) groups is 1. The Balaban J connectivity index is 1.50. The SMILES string of the molecule is CC(NC(=O)c1ccccc1)C(=O)Nc1ccc(CC(=O)N2CCSCC2)cc1. The van der Waals surface area contributed by atoms with Gasteiger partial charge in [0.25, 0.3) is 5.91 Å². The van der Waals surface area contributed by atoms with Gasteiger partial charge in [-0.3, -0.25) is 14.4 Å². The standard InChI is InChI=1S/C22H25N3O3S/c1-16(23-22(28)18-5-3-2-4-6-18)21(27)24-19-9-7-17(8-10-19)15-20(26)25-11-13-29-14-12-25/h2-10,16H,11-15H2,1H3,(H,23,28)(H,24,27). The van der Waals surface area contributed by atoms with Crippen LogP contribution in [0.25, 0.3) is 0 Å². The van der Waals surface area contributed by atoms with E-state index >= 15 is 0 Å². The van der Waals surface area contributed by atoms with Crippen molar-refractivity contribution in [2.75, 3.05) is 29.9 Å². The first-order valence-corrected chi connectivity index (χ1v) is 10.8. The molecule has 2 N–H and O–H groups in total. The van der Waals surface area contributed by atoms with E-state index in [4.69, 9.17) is 0 Å². The van der Waals surface area contributed by atoms with Crippen LogP contribution in [-0.4, -0.2) is 53.3 Å². The highest BCUT2D eigenvalue weighted by atomic mass is 32.2. The predicted molar refractivity (Wildman–Crippen MR) is 116 cm³/mol. The quantitative estimate of drug-likeness (QED) is 0.766. The van der Waals surface area contributed by atoms with Crippen LogP contribution in [0.1, 0.15) is 22.8 Å². The molecule has 1 aliphatic rings. The minimum absolute atomic E-state index is 0.138. The minimum Gasteiger partial charge on any atom is -0.341 e. The van der Waals surface area contributed by atoms with Gasteiger partial charge in [0.1, 0.15) is 6.04 Å². The van der Waals surface area contributed by atoms with Crippen LogP contribution < -0.4 is 10.6 Å². The summed E-state index contributed by atoms with van der Waals surface area (Å²) in [5.74, 6) is 1.53. The average molecular weight is 412 g/mol. The first kappa shape index (κ1) is 20.9. The van der Waals surface area contributed by atoms with E-state index in [1.165, 1.54) is 0 Å². The summed E-state index contributed by atoms with van der Waals surface area (Å²) in [6.45, 7) is 3.26. The van der Waals surface area contributed by atoms with Gasteiger partial charge in [0.05, 0.1) is 6.42 Å². The van der Waals surface area contributed by atoms with Crippen molar-refractivity contribution < 1.29 is 14.4 Å². The Morgan fingerprint density at radius 2 is 1.66 bits per heavy atom. The predicted octanol–water partition coefficient (Wildman–Crippen LogP) is 2.56. The zero-order valence-corrected chi connectivity index (χ0v) is 17.2. The number of hydrogen-bond acceptors (Lipinski definition) is 4. The molecule has 2 aromatic rings.